The van der Waals surface area contributed by atoms with Crippen molar-refractivity contribution in [3.8, 4) is 5.75 Å². The lowest BCUT2D eigenvalue weighted by atomic mass is 9.79. The molecule has 0 bridgehead atoms. The molecule has 2 amide bonds. The number of nitrogens with zero attached hydrogens (tertiary/aromatic N) is 5. The van der Waals surface area contributed by atoms with E-state index in [4.69, 9.17) is 14.6 Å². The number of carbonyl (C=O) groups excluding carboxylic acids is 2. The van der Waals surface area contributed by atoms with Crippen molar-refractivity contribution >= 4 is 34.6 Å². The first-order valence-electron chi connectivity index (χ1n) is 14.1. The molecule has 0 aromatic heterocycles. The van der Waals surface area contributed by atoms with E-state index in [1.807, 2.05) is 63.3 Å². The van der Waals surface area contributed by atoms with Gasteiger partial charge >= 0.3 is 0 Å². The summed E-state index contributed by atoms with van der Waals surface area (Å²) in [6.07, 6.45) is 4.16. The van der Waals surface area contributed by atoms with Crippen LogP contribution in [0, 0.1) is 5.92 Å². The highest BCUT2D eigenvalue weighted by atomic mass is 16.5. The second-order valence-electron chi connectivity index (χ2n) is 10.6. The Kier molecular flexibility index (Phi) is 7.03. The second kappa shape index (κ2) is 10.6. The van der Waals surface area contributed by atoms with Gasteiger partial charge in [0.15, 0.2) is 0 Å². The monoisotopic (exact) mass is 531 g/mol. The maximum atomic E-state index is 14.9. The summed E-state index contributed by atoms with van der Waals surface area (Å²) in [6, 6.07) is 15.7. The Morgan fingerprint density at radius 1 is 0.897 bits per heavy atom. The Hall–Kier alpha value is -3.43. The van der Waals surface area contributed by atoms with Gasteiger partial charge in [0.05, 0.1) is 26.0 Å². The average molecular weight is 532 g/mol. The van der Waals surface area contributed by atoms with Gasteiger partial charge in [0, 0.05) is 55.6 Å². The van der Waals surface area contributed by atoms with Gasteiger partial charge in [-0.15, -0.1) is 0 Å². The van der Waals surface area contributed by atoms with Gasteiger partial charge in [0.2, 0.25) is 11.6 Å². The molecule has 0 spiro atoms. The number of rotatable bonds is 6. The Morgan fingerprint density at radius 2 is 1.56 bits per heavy atom. The Labute approximate surface area is 229 Å². The predicted octanol–water partition coefficient (Wildman–Crippen LogP) is 3.88. The molecule has 9 nitrogen and oxygen atoms in total. The number of benzene rings is 2. The van der Waals surface area contributed by atoms with Crippen LogP contribution < -0.4 is 19.5 Å². The van der Waals surface area contributed by atoms with E-state index >= 15 is 0 Å². The van der Waals surface area contributed by atoms with Crippen molar-refractivity contribution in [2.75, 3.05) is 61.3 Å². The Bertz CT molecular complexity index is 1240. The van der Waals surface area contributed by atoms with Crippen LogP contribution in [-0.4, -0.2) is 74.6 Å². The number of methoxy groups -OCH3 is 1. The summed E-state index contributed by atoms with van der Waals surface area (Å²) in [5, 5.41) is 7.09. The van der Waals surface area contributed by atoms with Crippen LogP contribution in [-0.2, 0) is 14.3 Å². The topological polar surface area (TPSA) is 77.9 Å². The number of fused-ring (bicyclic) bond motifs is 1. The van der Waals surface area contributed by atoms with Crippen LogP contribution >= 0.6 is 0 Å². The first-order valence-corrected chi connectivity index (χ1v) is 14.1. The Morgan fingerprint density at radius 3 is 2.21 bits per heavy atom. The third-order valence-corrected chi connectivity index (χ3v) is 8.61. The highest BCUT2D eigenvalue weighted by molar-refractivity contribution is 6.10. The molecule has 0 N–H and O–H groups in total. The summed E-state index contributed by atoms with van der Waals surface area (Å²) >= 11 is 0. The number of morpholine rings is 1. The minimum Gasteiger partial charge on any atom is -0.497 e. The van der Waals surface area contributed by atoms with Gasteiger partial charge in [-0.3, -0.25) is 14.5 Å². The fraction of sp³-hybridized carbons (Fsp3) is 0.500. The molecule has 4 heterocycles. The lowest BCUT2D eigenvalue weighted by Crippen LogP contribution is -2.74. The molecule has 4 aliphatic rings. The highest BCUT2D eigenvalue weighted by Gasteiger charge is 2.63. The third kappa shape index (κ3) is 4.28. The first kappa shape index (κ1) is 25.8. The summed E-state index contributed by atoms with van der Waals surface area (Å²) in [5.41, 5.74) is 2.70. The normalized spacial score (nSPS) is 26.1. The minimum atomic E-state index is -0.969. The van der Waals surface area contributed by atoms with Crippen molar-refractivity contribution < 1.29 is 19.1 Å². The number of hydrogen-bond acceptors (Lipinski definition) is 7. The molecule has 3 saturated heterocycles. The van der Waals surface area contributed by atoms with E-state index in [9.17, 15) is 9.59 Å². The van der Waals surface area contributed by atoms with Crippen molar-refractivity contribution in [2.24, 2.45) is 11.0 Å². The van der Waals surface area contributed by atoms with E-state index in [0.717, 1.165) is 60.8 Å². The molecule has 3 fully saturated rings. The van der Waals surface area contributed by atoms with Crippen LogP contribution in [0.1, 0.15) is 39.0 Å². The van der Waals surface area contributed by atoms with Crippen LogP contribution in [0.5, 0.6) is 5.75 Å². The fourth-order valence-corrected chi connectivity index (χ4v) is 6.65. The summed E-state index contributed by atoms with van der Waals surface area (Å²) in [6.45, 7) is 5.97. The van der Waals surface area contributed by atoms with Crippen molar-refractivity contribution in [2.45, 2.75) is 44.7 Å². The molecule has 206 valence electrons. The van der Waals surface area contributed by atoms with E-state index in [1.54, 1.807) is 7.11 Å². The van der Waals surface area contributed by atoms with Gasteiger partial charge < -0.3 is 19.3 Å². The van der Waals surface area contributed by atoms with E-state index in [1.165, 1.54) is 0 Å². The van der Waals surface area contributed by atoms with Gasteiger partial charge in [-0.1, -0.05) is 6.92 Å². The quantitative estimate of drug-likeness (QED) is 0.563. The number of hydrogen-bond donors (Lipinski definition) is 0. The predicted molar refractivity (Wildman–Crippen MR) is 151 cm³/mol. The summed E-state index contributed by atoms with van der Waals surface area (Å²) in [4.78, 5) is 33.4. The van der Waals surface area contributed by atoms with Crippen LogP contribution in [0.15, 0.2) is 53.6 Å². The SMILES string of the molecule is CCC1=NN(c2ccc(OC)cc2)C2(N3CCOCC3)C(=O)N(c3ccc(N4CCCCC4=O)cc3)CCC12. The second-order valence-corrected chi connectivity index (χ2v) is 10.6. The molecule has 39 heavy (non-hydrogen) atoms. The number of hydrazone groups is 1. The largest absolute Gasteiger partial charge is 0.497 e. The molecule has 9 heteroatoms. The van der Waals surface area contributed by atoms with E-state index in [0.29, 0.717) is 39.3 Å². The lowest BCUT2D eigenvalue weighted by molar-refractivity contribution is -0.139. The molecular formula is C30H37N5O4. The van der Waals surface area contributed by atoms with Crippen molar-refractivity contribution in [3.63, 3.8) is 0 Å². The van der Waals surface area contributed by atoms with E-state index < -0.39 is 5.66 Å². The number of ether oxygens (including phenoxy) is 2. The number of amides is 2. The van der Waals surface area contributed by atoms with Crippen LogP contribution in [0.2, 0.25) is 0 Å². The third-order valence-electron chi connectivity index (χ3n) is 8.61. The van der Waals surface area contributed by atoms with Gasteiger partial charge in [-0.2, -0.15) is 5.10 Å². The molecule has 6 rings (SSSR count). The minimum absolute atomic E-state index is 0.0169. The fourth-order valence-electron chi connectivity index (χ4n) is 6.65. The van der Waals surface area contributed by atoms with Crippen LogP contribution in [0.3, 0.4) is 0 Å². The smallest absolute Gasteiger partial charge is 0.270 e. The van der Waals surface area contributed by atoms with Gasteiger partial charge in [0.25, 0.3) is 5.91 Å². The van der Waals surface area contributed by atoms with Gasteiger partial charge in [-0.05, 0) is 74.2 Å². The molecule has 2 atom stereocenters. The van der Waals surface area contributed by atoms with Crippen molar-refractivity contribution in [1.82, 2.24) is 4.90 Å². The average Bonchev–Trinajstić information content (AvgIpc) is 3.34. The number of anilines is 3. The summed E-state index contributed by atoms with van der Waals surface area (Å²) < 4.78 is 11.1. The lowest BCUT2D eigenvalue weighted by Gasteiger charge is -2.53. The molecule has 2 unspecified atom stereocenters. The van der Waals surface area contributed by atoms with Crippen molar-refractivity contribution in [1.29, 1.82) is 0 Å². The zero-order valence-corrected chi connectivity index (χ0v) is 22.8. The van der Waals surface area contributed by atoms with Crippen LogP contribution in [0.4, 0.5) is 17.1 Å². The summed E-state index contributed by atoms with van der Waals surface area (Å²) in [5.74, 6) is 0.947. The van der Waals surface area contributed by atoms with Gasteiger partial charge in [0.1, 0.15) is 5.75 Å². The standard InChI is InChI=1S/C30H37N5O4/c1-3-27-26-15-17-34(23-9-7-22(8-10-23)33-16-5-4-6-28(33)36)29(37)30(26,32-18-20-39-21-19-32)35(31-27)24-11-13-25(38-2)14-12-24/h7-14,26H,3-6,15-21H2,1-2H3. The molecule has 0 saturated carbocycles. The van der Waals surface area contributed by atoms with E-state index in [-0.39, 0.29) is 17.7 Å². The molecule has 4 aliphatic heterocycles. The Balaban J connectivity index is 1.39. The number of carbonyl (C=O) groups is 2. The van der Waals surface area contributed by atoms with Gasteiger partial charge in [-0.25, -0.2) is 5.01 Å². The molecule has 2 aromatic carbocycles. The molecule has 0 aliphatic carbocycles. The first-order chi connectivity index (χ1) is 19.1. The zero-order valence-electron chi connectivity index (χ0n) is 22.8. The zero-order chi connectivity index (χ0) is 27.0. The maximum absolute atomic E-state index is 14.9. The molecule has 2 aromatic rings. The molecule has 0 radical (unpaired) electrons. The molecular weight excluding hydrogens is 494 g/mol. The van der Waals surface area contributed by atoms with Crippen LogP contribution in [0.25, 0.3) is 0 Å². The summed E-state index contributed by atoms with van der Waals surface area (Å²) in [7, 11) is 1.65. The van der Waals surface area contributed by atoms with Crippen molar-refractivity contribution in [3.05, 3.63) is 48.5 Å². The van der Waals surface area contributed by atoms with E-state index in [2.05, 4.69) is 11.8 Å². The number of piperidine rings is 2. The maximum Gasteiger partial charge on any atom is 0.270 e. The highest BCUT2D eigenvalue weighted by Crippen LogP contribution is 2.47.